The van der Waals surface area contributed by atoms with Crippen LogP contribution in [0.1, 0.15) is 11.1 Å². The second kappa shape index (κ2) is 14.1. The lowest BCUT2D eigenvalue weighted by Gasteiger charge is -2.36. The number of rotatable bonds is 10. The summed E-state index contributed by atoms with van der Waals surface area (Å²) >= 11 is 0. The molecule has 2 N–H and O–H groups in total. The summed E-state index contributed by atoms with van der Waals surface area (Å²) in [7, 11) is 3.86. The number of anilines is 6. The van der Waals surface area contributed by atoms with E-state index in [0.29, 0.717) is 67.6 Å². The van der Waals surface area contributed by atoms with E-state index in [0.717, 1.165) is 24.2 Å². The van der Waals surface area contributed by atoms with E-state index in [1.807, 2.05) is 55.4 Å². The van der Waals surface area contributed by atoms with E-state index in [4.69, 9.17) is 9.72 Å². The van der Waals surface area contributed by atoms with Crippen LogP contribution in [0, 0.1) is 0 Å². The molecule has 0 saturated carbocycles. The maximum atomic E-state index is 14.1. The third-order valence-electron chi connectivity index (χ3n) is 7.39. The molecule has 0 spiro atoms. The fraction of sp³-hybridized carbons (Fsp3) is 0.273. The molecule has 1 fully saturated rings. The highest BCUT2D eigenvalue weighted by molar-refractivity contribution is 6.03. The van der Waals surface area contributed by atoms with Crippen molar-refractivity contribution >= 4 is 46.7 Å². The number of likely N-dealkylation sites (N-methyl/N-ethyl adjacent to an activating group) is 1. The van der Waals surface area contributed by atoms with Crippen molar-refractivity contribution in [2.75, 3.05) is 67.4 Å². The molecule has 1 saturated heterocycles. The molecule has 2 aliphatic heterocycles. The minimum Gasteiger partial charge on any atom is -0.378 e. The van der Waals surface area contributed by atoms with Gasteiger partial charge in [0.05, 0.1) is 43.5 Å². The van der Waals surface area contributed by atoms with Gasteiger partial charge in [0.25, 0.3) is 0 Å². The number of amides is 3. The molecule has 4 heterocycles. The molecule has 0 aliphatic carbocycles. The van der Waals surface area contributed by atoms with Crippen molar-refractivity contribution in [1.82, 2.24) is 29.7 Å². The molecule has 0 bridgehead atoms. The van der Waals surface area contributed by atoms with Gasteiger partial charge in [0.1, 0.15) is 0 Å². The van der Waals surface area contributed by atoms with E-state index in [1.54, 1.807) is 52.7 Å². The summed E-state index contributed by atoms with van der Waals surface area (Å²) < 4.78 is 5.42. The second-order valence-corrected chi connectivity index (χ2v) is 11.2. The van der Waals surface area contributed by atoms with E-state index in [2.05, 4.69) is 30.5 Å². The summed E-state index contributed by atoms with van der Waals surface area (Å²) in [4.78, 5) is 52.4. The van der Waals surface area contributed by atoms with Crippen molar-refractivity contribution < 1.29 is 14.3 Å². The van der Waals surface area contributed by atoms with E-state index < -0.39 is 0 Å². The molecular formula is C33H36N10O3. The van der Waals surface area contributed by atoms with Crippen LogP contribution in [0.3, 0.4) is 0 Å². The van der Waals surface area contributed by atoms with Gasteiger partial charge in [-0.3, -0.25) is 4.79 Å². The summed E-state index contributed by atoms with van der Waals surface area (Å²) in [5.74, 6) is 1.12. The van der Waals surface area contributed by atoms with Gasteiger partial charge in [0.15, 0.2) is 5.82 Å². The third kappa shape index (κ3) is 7.45. The van der Waals surface area contributed by atoms with Crippen molar-refractivity contribution in [1.29, 1.82) is 0 Å². The van der Waals surface area contributed by atoms with Gasteiger partial charge in [0, 0.05) is 49.7 Å². The van der Waals surface area contributed by atoms with Crippen LogP contribution in [0.25, 0.3) is 0 Å². The lowest BCUT2D eigenvalue weighted by Crippen LogP contribution is -2.45. The fourth-order valence-corrected chi connectivity index (χ4v) is 5.15. The quantitative estimate of drug-likeness (QED) is 0.249. The minimum absolute atomic E-state index is 0.242. The van der Waals surface area contributed by atoms with Gasteiger partial charge < -0.3 is 30.1 Å². The van der Waals surface area contributed by atoms with Gasteiger partial charge >= 0.3 is 6.03 Å². The standard InChI is InChI=1S/C33H36N10O3/c1-40(2)13-7-12-29(44)37-26-10-6-11-28(18-26)43-30-25(23-42(33(43)45)22-24-8-4-3-5-9-24)19-34-31(39-30)38-27-20-35-32(36-21-27)41-14-16-46-17-15-41/h3-12,18-21H,13-17,22-23H2,1-2H3,(H,37,44)(H,34,38,39)/b12-7+. The van der Waals surface area contributed by atoms with Crippen LogP contribution in [0.4, 0.5) is 39.6 Å². The lowest BCUT2D eigenvalue weighted by molar-refractivity contribution is -0.111. The van der Waals surface area contributed by atoms with E-state index in [-0.39, 0.29) is 11.9 Å². The highest BCUT2D eigenvalue weighted by Crippen LogP contribution is 2.36. The molecule has 6 rings (SSSR count). The zero-order chi connectivity index (χ0) is 31.9. The maximum absolute atomic E-state index is 14.1. The molecule has 0 unspecified atom stereocenters. The highest BCUT2D eigenvalue weighted by atomic mass is 16.5. The number of ether oxygens (including phenoxy) is 1. The highest BCUT2D eigenvalue weighted by Gasteiger charge is 2.33. The Morgan fingerprint density at radius 3 is 2.52 bits per heavy atom. The van der Waals surface area contributed by atoms with E-state index >= 15 is 0 Å². The Hall–Kier alpha value is -5.40. The van der Waals surface area contributed by atoms with Gasteiger partial charge in [-0.1, -0.05) is 42.5 Å². The zero-order valence-corrected chi connectivity index (χ0v) is 25.8. The van der Waals surface area contributed by atoms with Crippen LogP contribution >= 0.6 is 0 Å². The Kier molecular flexibility index (Phi) is 9.41. The second-order valence-electron chi connectivity index (χ2n) is 11.2. The smallest absolute Gasteiger partial charge is 0.330 e. The number of hydrogen-bond acceptors (Lipinski definition) is 10. The average Bonchev–Trinajstić information content (AvgIpc) is 3.06. The Balaban J connectivity index is 1.28. The van der Waals surface area contributed by atoms with Crippen molar-refractivity contribution in [2.45, 2.75) is 13.1 Å². The number of hydrogen-bond donors (Lipinski definition) is 2. The van der Waals surface area contributed by atoms with Crippen molar-refractivity contribution in [3.63, 3.8) is 0 Å². The topological polar surface area (TPSA) is 132 Å². The number of nitrogens with zero attached hydrogens (tertiary/aromatic N) is 8. The summed E-state index contributed by atoms with van der Waals surface area (Å²) in [5.41, 5.74) is 3.51. The number of fused-ring (bicyclic) bond motifs is 1. The predicted molar refractivity (Wildman–Crippen MR) is 176 cm³/mol. The normalized spacial score (nSPS) is 14.9. The monoisotopic (exact) mass is 620 g/mol. The minimum atomic E-state index is -0.259. The van der Waals surface area contributed by atoms with E-state index in [9.17, 15) is 9.59 Å². The number of nitrogens with one attached hydrogen (secondary N) is 2. The summed E-state index contributed by atoms with van der Waals surface area (Å²) in [5, 5.41) is 6.07. The Morgan fingerprint density at radius 2 is 1.76 bits per heavy atom. The van der Waals surface area contributed by atoms with Crippen LogP contribution in [0.15, 0.2) is 85.3 Å². The Morgan fingerprint density at radius 1 is 0.978 bits per heavy atom. The molecule has 2 aliphatic rings. The predicted octanol–water partition coefficient (Wildman–Crippen LogP) is 4.18. The molecule has 0 atom stereocenters. The van der Waals surface area contributed by atoms with Gasteiger partial charge in [-0.05, 0) is 37.9 Å². The first-order valence-electron chi connectivity index (χ1n) is 15.1. The molecule has 0 radical (unpaired) electrons. The Labute approximate surface area is 267 Å². The zero-order valence-electron chi connectivity index (χ0n) is 25.8. The molecule has 2 aromatic carbocycles. The largest absolute Gasteiger partial charge is 0.378 e. The van der Waals surface area contributed by atoms with Gasteiger partial charge in [-0.2, -0.15) is 4.98 Å². The van der Waals surface area contributed by atoms with Gasteiger partial charge in [0.2, 0.25) is 17.8 Å². The van der Waals surface area contributed by atoms with Crippen LogP contribution in [0.5, 0.6) is 0 Å². The molecule has 3 amide bonds. The molecule has 13 heteroatoms. The summed E-state index contributed by atoms with van der Waals surface area (Å²) in [6.45, 7) is 4.17. The number of morpholine rings is 1. The number of carbonyl (C=O) groups is 2. The van der Waals surface area contributed by atoms with Crippen molar-refractivity contribution in [3.8, 4) is 0 Å². The molecule has 4 aromatic rings. The van der Waals surface area contributed by atoms with Gasteiger partial charge in [-0.25, -0.2) is 24.6 Å². The van der Waals surface area contributed by atoms with Crippen LogP contribution in [-0.4, -0.2) is 88.6 Å². The van der Waals surface area contributed by atoms with Crippen molar-refractivity contribution in [2.24, 2.45) is 0 Å². The number of benzene rings is 2. The molecule has 13 nitrogen and oxygen atoms in total. The molecule has 2 aromatic heterocycles. The lowest BCUT2D eigenvalue weighted by atomic mass is 10.1. The summed E-state index contributed by atoms with van der Waals surface area (Å²) in [6.07, 6.45) is 8.39. The number of carbonyl (C=O) groups excluding carboxylic acids is 2. The molecular weight excluding hydrogens is 584 g/mol. The van der Waals surface area contributed by atoms with Gasteiger partial charge in [-0.15, -0.1) is 0 Å². The molecule has 46 heavy (non-hydrogen) atoms. The average molecular weight is 621 g/mol. The summed E-state index contributed by atoms with van der Waals surface area (Å²) in [6, 6.07) is 16.7. The van der Waals surface area contributed by atoms with Crippen LogP contribution < -0.4 is 20.4 Å². The van der Waals surface area contributed by atoms with Crippen molar-refractivity contribution in [3.05, 3.63) is 96.5 Å². The first-order chi connectivity index (χ1) is 22.4. The first kappa shape index (κ1) is 30.6. The third-order valence-corrected chi connectivity index (χ3v) is 7.39. The number of aromatic nitrogens is 4. The SMILES string of the molecule is CN(C)C/C=C/C(=O)Nc1cccc(N2C(=O)N(Cc3ccccc3)Cc3cnc(Nc4cnc(N5CCOCC5)nc4)nc32)c1. The van der Waals surface area contributed by atoms with Crippen LogP contribution in [0.2, 0.25) is 0 Å². The first-order valence-corrected chi connectivity index (χ1v) is 15.1. The molecule has 236 valence electrons. The maximum Gasteiger partial charge on any atom is 0.330 e. The fourth-order valence-electron chi connectivity index (χ4n) is 5.15. The van der Waals surface area contributed by atoms with Crippen LogP contribution in [-0.2, 0) is 22.6 Å². The van der Waals surface area contributed by atoms with E-state index in [1.165, 1.54) is 6.08 Å². The number of urea groups is 1. The Bertz CT molecular complexity index is 1690.